The molecule has 2 N–H and O–H groups in total. The van der Waals surface area contributed by atoms with Crippen LogP contribution >= 0.6 is 0 Å². The van der Waals surface area contributed by atoms with Crippen LogP contribution in [0, 0.1) is 11.8 Å². The summed E-state index contributed by atoms with van der Waals surface area (Å²) in [7, 11) is 1.79. The highest BCUT2D eigenvalue weighted by atomic mass is 14.7. The zero-order valence-electron chi connectivity index (χ0n) is 7.46. The fraction of sp³-hybridized carbons (Fsp3) is 0.889. The lowest BCUT2D eigenvalue weighted by Gasteiger charge is -2.13. The summed E-state index contributed by atoms with van der Waals surface area (Å²) in [6.45, 7) is 2.30. The van der Waals surface area contributed by atoms with Crippen molar-refractivity contribution in [3.05, 3.63) is 0 Å². The fourth-order valence-corrected chi connectivity index (χ4v) is 1.89. The van der Waals surface area contributed by atoms with Gasteiger partial charge < -0.3 is 5.73 Å². The van der Waals surface area contributed by atoms with Crippen LogP contribution in [-0.4, -0.2) is 19.3 Å². The van der Waals surface area contributed by atoms with E-state index in [1.807, 2.05) is 6.21 Å². The minimum absolute atomic E-state index is 0.199. The standard InChI is InChI=1S/C9H18N2/c1-7-3-4-8(5-7)9(10)6-11-2/h6-9H,3-5,10H2,1-2H3. The summed E-state index contributed by atoms with van der Waals surface area (Å²) >= 11 is 0. The molecule has 1 fully saturated rings. The second kappa shape index (κ2) is 3.86. The molecule has 0 aliphatic heterocycles. The Morgan fingerprint density at radius 1 is 1.55 bits per heavy atom. The highest BCUT2D eigenvalue weighted by Crippen LogP contribution is 2.31. The van der Waals surface area contributed by atoms with E-state index in [9.17, 15) is 0 Å². The van der Waals surface area contributed by atoms with Gasteiger partial charge in [0.1, 0.15) is 0 Å². The summed E-state index contributed by atoms with van der Waals surface area (Å²) in [5.41, 5.74) is 5.90. The molecule has 3 atom stereocenters. The van der Waals surface area contributed by atoms with Gasteiger partial charge in [-0.1, -0.05) is 13.3 Å². The Morgan fingerprint density at radius 2 is 2.27 bits per heavy atom. The molecule has 0 amide bonds. The normalized spacial score (nSPS) is 34.8. The number of nitrogens with two attached hydrogens (primary N) is 1. The van der Waals surface area contributed by atoms with Gasteiger partial charge in [0.05, 0.1) is 0 Å². The Labute approximate surface area is 68.9 Å². The molecule has 0 bridgehead atoms. The van der Waals surface area contributed by atoms with Crippen LogP contribution in [0.25, 0.3) is 0 Å². The molecule has 1 saturated carbocycles. The number of rotatable bonds is 2. The third kappa shape index (κ3) is 2.29. The van der Waals surface area contributed by atoms with Gasteiger partial charge in [-0.05, 0) is 24.7 Å². The highest BCUT2D eigenvalue weighted by Gasteiger charge is 2.25. The van der Waals surface area contributed by atoms with Crippen molar-refractivity contribution in [3.8, 4) is 0 Å². The van der Waals surface area contributed by atoms with Gasteiger partial charge in [-0.3, -0.25) is 4.99 Å². The summed E-state index contributed by atoms with van der Waals surface area (Å²) in [4.78, 5) is 3.96. The van der Waals surface area contributed by atoms with Gasteiger partial charge in [0.15, 0.2) is 0 Å². The summed E-state index contributed by atoms with van der Waals surface area (Å²) < 4.78 is 0. The molecule has 0 heterocycles. The van der Waals surface area contributed by atoms with Crippen LogP contribution in [0.1, 0.15) is 26.2 Å². The van der Waals surface area contributed by atoms with E-state index in [4.69, 9.17) is 5.73 Å². The maximum Gasteiger partial charge on any atom is 0.0423 e. The third-order valence-electron chi connectivity index (χ3n) is 2.60. The van der Waals surface area contributed by atoms with E-state index in [0.29, 0.717) is 5.92 Å². The fourth-order valence-electron chi connectivity index (χ4n) is 1.89. The van der Waals surface area contributed by atoms with Crippen LogP contribution in [0.5, 0.6) is 0 Å². The Balaban J connectivity index is 2.36. The molecule has 1 aliphatic rings. The number of nitrogens with zero attached hydrogens (tertiary/aromatic N) is 1. The summed E-state index contributed by atoms with van der Waals surface area (Å²) in [5.74, 6) is 1.56. The minimum atomic E-state index is 0.199. The first-order chi connectivity index (χ1) is 5.24. The smallest absolute Gasteiger partial charge is 0.0423 e. The Hall–Kier alpha value is -0.370. The average molecular weight is 154 g/mol. The topological polar surface area (TPSA) is 38.4 Å². The molecular formula is C9H18N2. The van der Waals surface area contributed by atoms with Crippen LogP contribution in [-0.2, 0) is 0 Å². The Morgan fingerprint density at radius 3 is 2.73 bits per heavy atom. The molecule has 0 aromatic heterocycles. The molecule has 11 heavy (non-hydrogen) atoms. The van der Waals surface area contributed by atoms with Crippen molar-refractivity contribution < 1.29 is 0 Å². The molecule has 3 unspecified atom stereocenters. The molecule has 0 radical (unpaired) electrons. The first-order valence-electron chi connectivity index (χ1n) is 4.42. The molecule has 2 nitrogen and oxygen atoms in total. The van der Waals surface area contributed by atoms with Crippen molar-refractivity contribution in [1.82, 2.24) is 0 Å². The van der Waals surface area contributed by atoms with Crippen molar-refractivity contribution in [2.24, 2.45) is 22.6 Å². The SMILES string of the molecule is CN=CC(N)C1CCC(C)C1. The molecule has 1 rings (SSSR count). The van der Waals surface area contributed by atoms with E-state index in [0.717, 1.165) is 5.92 Å². The van der Waals surface area contributed by atoms with E-state index < -0.39 is 0 Å². The van der Waals surface area contributed by atoms with Gasteiger partial charge >= 0.3 is 0 Å². The van der Waals surface area contributed by atoms with Gasteiger partial charge in [0.25, 0.3) is 0 Å². The molecule has 0 saturated heterocycles. The van der Waals surface area contributed by atoms with Gasteiger partial charge in [0, 0.05) is 19.3 Å². The van der Waals surface area contributed by atoms with Crippen LogP contribution in [0.3, 0.4) is 0 Å². The molecule has 0 aromatic carbocycles. The zero-order valence-corrected chi connectivity index (χ0v) is 7.46. The largest absolute Gasteiger partial charge is 0.323 e. The number of hydrogen-bond donors (Lipinski definition) is 1. The lowest BCUT2D eigenvalue weighted by molar-refractivity contribution is 0.488. The predicted molar refractivity (Wildman–Crippen MR) is 48.9 cm³/mol. The molecule has 64 valence electrons. The maximum absolute atomic E-state index is 5.90. The Bertz CT molecular complexity index is 142. The average Bonchev–Trinajstić information content (AvgIpc) is 2.36. The molecule has 0 spiro atoms. The molecule has 2 heteroatoms. The predicted octanol–water partition coefficient (Wildman–Crippen LogP) is 1.45. The second-order valence-corrected chi connectivity index (χ2v) is 3.66. The monoisotopic (exact) mass is 154 g/mol. The van der Waals surface area contributed by atoms with Crippen molar-refractivity contribution >= 4 is 6.21 Å². The second-order valence-electron chi connectivity index (χ2n) is 3.66. The van der Waals surface area contributed by atoms with Crippen LogP contribution in [0.15, 0.2) is 4.99 Å². The molecular weight excluding hydrogens is 136 g/mol. The van der Waals surface area contributed by atoms with Gasteiger partial charge in [-0.15, -0.1) is 0 Å². The van der Waals surface area contributed by atoms with Crippen LogP contribution < -0.4 is 5.73 Å². The summed E-state index contributed by atoms with van der Waals surface area (Å²) in [5, 5.41) is 0. The lowest BCUT2D eigenvalue weighted by Crippen LogP contribution is -2.29. The Kier molecular flexibility index (Phi) is 3.06. The summed E-state index contributed by atoms with van der Waals surface area (Å²) in [6, 6.07) is 0.199. The van der Waals surface area contributed by atoms with Crippen LogP contribution in [0.2, 0.25) is 0 Å². The highest BCUT2D eigenvalue weighted by molar-refractivity contribution is 5.64. The third-order valence-corrected chi connectivity index (χ3v) is 2.60. The first-order valence-corrected chi connectivity index (χ1v) is 4.42. The van der Waals surface area contributed by atoms with E-state index in [1.165, 1.54) is 19.3 Å². The summed E-state index contributed by atoms with van der Waals surface area (Å²) in [6.07, 6.45) is 5.79. The number of hydrogen-bond acceptors (Lipinski definition) is 2. The van der Waals surface area contributed by atoms with E-state index >= 15 is 0 Å². The van der Waals surface area contributed by atoms with Crippen molar-refractivity contribution in [3.63, 3.8) is 0 Å². The van der Waals surface area contributed by atoms with Gasteiger partial charge in [0.2, 0.25) is 0 Å². The zero-order chi connectivity index (χ0) is 8.27. The van der Waals surface area contributed by atoms with Crippen molar-refractivity contribution in [2.75, 3.05) is 7.05 Å². The van der Waals surface area contributed by atoms with E-state index in [1.54, 1.807) is 7.05 Å². The quantitative estimate of drug-likeness (QED) is 0.601. The van der Waals surface area contributed by atoms with Gasteiger partial charge in [-0.25, -0.2) is 0 Å². The lowest BCUT2D eigenvalue weighted by atomic mass is 9.99. The molecule has 0 aromatic rings. The van der Waals surface area contributed by atoms with E-state index in [2.05, 4.69) is 11.9 Å². The van der Waals surface area contributed by atoms with Gasteiger partial charge in [-0.2, -0.15) is 0 Å². The maximum atomic E-state index is 5.90. The van der Waals surface area contributed by atoms with Crippen molar-refractivity contribution in [2.45, 2.75) is 32.2 Å². The van der Waals surface area contributed by atoms with Crippen LogP contribution in [0.4, 0.5) is 0 Å². The first kappa shape index (κ1) is 8.72. The van der Waals surface area contributed by atoms with E-state index in [-0.39, 0.29) is 6.04 Å². The minimum Gasteiger partial charge on any atom is -0.323 e. The van der Waals surface area contributed by atoms with Crippen molar-refractivity contribution in [1.29, 1.82) is 0 Å². The number of aliphatic imine (C=N–C) groups is 1. The molecule has 1 aliphatic carbocycles.